The third kappa shape index (κ3) is 3.21. The molecule has 4 atom stereocenters. The van der Waals surface area contributed by atoms with E-state index in [0.29, 0.717) is 22.4 Å². The fourth-order valence-electron chi connectivity index (χ4n) is 3.00. The quantitative estimate of drug-likeness (QED) is 0.404. The molecule has 2 unspecified atom stereocenters. The average Bonchev–Trinajstić information content (AvgIpc) is 3.02. The fraction of sp³-hybridized carbons (Fsp3) is 0.529. The van der Waals surface area contributed by atoms with Gasteiger partial charge in [-0.15, -0.1) is 17.1 Å². The SMILES string of the molecule is C[C@@]1(Cl)C(O)C(CO)O[C@H]1n1cc(C#C[Si](C)(C)C)c2c(N)ncnc21. The summed E-state index contributed by atoms with van der Waals surface area (Å²) in [6, 6.07) is 0. The van der Waals surface area contributed by atoms with E-state index < -0.39 is 31.4 Å². The minimum atomic E-state index is -1.61. The molecule has 1 aliphatic heterocycles. The third-order valence-electron chi connectivity index (χ3n) is 4.36. The second kappa shape index (κ2) is 6.51. The highest BCUT2D eigenvalue weighted by molar-refractivity contribution is 6.83. The van der Waals surface area contributed by atoms with Gasteiger partial charge >= 0.3 is 0 Å². The summed E-state index contributed by atoms with van der Waals surface area (Å²) in [5, 5.41) is 20.5. The molecule has 9 heteroatoms. The van der Waals surface area contributed by atoms with E-state index in [2.05, 4.69) is 41.1 Å². The average molecular weight is 395 g/mol. The van der Waals surface area contributed by atoms with Crippen molar-refractivity contribution < 1.29 is 14.9 Å². The Kier molecular flexibility index (Phi) is 4.79. The molecule has 3 rings (SSSR count). The summed E-state index contributed by atoms with van der Waals surface area (Å²) >= 11 is 6.58. The molecular weight excluding hydrogens is 372 g/mol. The van der Waals surface area contributed by atoms with E-state index in [1.807, 2.05) is 0 Å². The Balaban J connectivity index is 2.19. The minimum Gasteiger partial charge on any atom is -0.394 e. The molecule has 2 aromatic rings. The molecule has 0 bridgehead atoms. The Morgan fingerprint density at radius 3 is 2.69 bits per heavy atom. The van der Waals surface area contributed by atoms with Crippen LogP contribution in [0.25, 0.3) is 11.0 Å². The zero-order valence-corrected chi connectivity index (χ0v) is 16.9. The summed E-state index contributed by atoms with van der Waals surface area (Å²) in [4.78, 5) is 7.24. The molecule has 140 valence electrons. The van der Waals surface area contributed by atoms with Crippen molar-refractivity contribution in [2.75, 3.05) is 12.3 Å². The van der Waals surface area contributed by atoms with Crippen molar-refractivity contribution in [1.82, 2.24) is 14.5 Å². The highest BCUT2D eigenvalue weighted by Gasteiger charge is 2.53. The number of aliphatic hydroxyl groups is 2. The molecule has 0 aromatic carbocycles. The van der Waals surface area contributed by atoms with Crippen LogP contribution in [0.4, 0.5) is 5.82 Å². The maximum atomic E-state index is 10.4. The van der Waals surface area contributed by atoms with E-state index in [0.717, 1.165) is 0 Å². The predicted octanol–water partition coefficient (Wildman–Crippen LogP) is 1.49. The summed E-state index contributed by atoms with van der Waals surface area (Å²) in [5.74, 6) is 3.52. The van der Waals surface area contributed by atoms with E-state index in [9.17, 15) is 10.2 Å². The smallest absolute Gasteiger partial charge is 0.157 e. The summed E-state index contributed by atoms with van der Waals surface area (Å²) in [6.45, 7) is 7.79. The number of anilines is 1. The summed E-state index contributed by atoms with van der Waals surface area (Å²) in [7, 11) is -1.61. The zero-order valence-electron chi connectivity index (χ0n) is 15.2. The van der Waals surface area contributed by atoms with Crippen molar-refractivity contribution in [3.05, 3.63) is 18.1 Å². The van der Waals surface area contributed by atoms with Gasteiger partial charge in [-0.2, -0.15) is 0 Å². The van der Waals surface area contributed by atoms with E-state index in [1.165, 1.54) is 6.33 Å². The molecule has 1 saturated heterocycles. The fourth-order valence-corrected chi connectivity index (χ4v) is 3.81. The molecule has 0 radical (unpaired) electrons. The molecule has 2 aromatic heterocycles. The first-order valence-corrected chi connectivity index (χ1v) is 12.2. The molecule has 7 nitrogen and oxygen atoms in total. The number of fused-ring (bicyclic) bond motifs is 1. The lowest BCUT2D eigenvalue weighted by Crippen LogP contribution is -2.39. The Hall–Kier alpha value is -1.63. The third-order valence-corrected chi connectivity index (χ3v) is 5.65. The van der Waals surface area contributed by atoms with Crippen molar-refractivity contribution in [1.29, 1.82) is 0 Å². The van der Waals surface area contributed by atoms with Gasteiger partial charge in [-0.05, 0) is 6.92 Å². The van der Waals surface area contributed by atoms with Crippen molar-refractivity contribution >= 4 is 36.5 Å². The summed E-state index contributed by atoms with van der Waals surface area (Å²) in [5.41, 5.74) is 10.6. The number of halogens is 1. The molecule has 1 aliphatic rings. The Morgan fingerprint density at radius 1 is 1.42 bits per heavy atom. The molecule has 26 heavy (non-hydrogen) atoms. The van der Waals surface area contributed by atoms with Crippen LogP contribution in [0.1, 0.15) is 18.7 Å². The Labute approximate surface area is 158 Å². The van der Waals surface area contributed by atoms with Crippen molar-refractivity contribution in [3.8, 4) is 11.5 Å². The maximum Gasteiger partial charge on any atom is 0.157 e. The van der Waals surface area contributed by atoms with Gasteiger partial charge in [-0.25, -0.2) is 9.97 Å². The van der Waals surface area contributed by atoms with Crippen LogP contribution in [0.2, 0.25) is 19.6 Å². The van der Waals surface area contributed by atoms with Gasteiger partial charge in [0.2, 0.25) is 0 Å². The number of ether oxygens (including phenoxy) is 1. The van der Waals surface area contributed by atoms with E-state index >= 15 is 0 Å². The number of rotatable bonds is 2. The second-order valence-electron chi connectivity index (χ2n) is 7.71. The van der Waals surface area contributed by atoms with Crippen LogP contribution in [-0.2, 0) is 4.74 Å². The first-order valence-electron chi connectivity index (χ1n) is 8.33. The van der Waals surface area contributed by atoms with Crippen molar-refractivity contribution in [3.63, 3.8) is 0 Å². The van der Waals surface area contributed by atoms with E-state index in [4.69, 9.17) is 22.1 Å². The first kappa shape index (κ1) is 19.1. The van der Waals surface area contributed by atoms with Crippen LogP contribution < -0.4 is 5.73 Å². The number of nitrogens with two attached hydrogens (primary N) is 1. The lowest BCUT2D eigenvalue weighted by Gasteiger charge is -2.26. The number of nitrogen functional groups attached to an aromatic ring is 1. The Morgan fingerprint density at radius 2 is 2.12 bits per heavy atom. The van der Waals surface area contributed by atoms with Crippen LogP contribution in [0.3, 0.4) is 0 Å². The van der Waals surface area contributed by atoms with Gasteiger partial charge in [0.25, 0.3) is 0 Å². The Bertz CT molecular complexity index is 897. The van der Waals surface area contributed by atoms with E-state index in [1.54, 1.807) is 17.7 Å². The molecule has 0 aliphatic carbocycles. The van der Waals surface area contributed by atoms with Gasteiger partial charge in [0.05, 0.1) is 17.6 Å². The molecular formula is C17H23ClN4O3Si. The van der Waals surface area contributed by atoms with Crippen LogP contribution in [0, 0.1) is 11.5 Å². The lowest BCUT2D eigenvalue weighted by atomic mass is 10.0. The van der Waals surface area contributed by atoms with Crippen LogP contribution in [0.5, 0.6) is 0 Å². The molecule has 0 spiro atoms. The number of aromatic nitrogens is 3. The number of nitrogens with zero attached hydrogens (tertiary/aromatic N) is 3. The van der Waals surface area contributed by atoms with Crippen molar-refractivity contribution in [2.45, 2.75) is 49.9 Å². The summed E-state index contributed by atoms with van der Waals surface area (Å²) in [6.07, 6.45) is 0.587. The molecule has 4 N–H and O–H groups in total. The highest BCUT2D eigenvalue weighted by atomic mass is 35.5. The number of alkyl halides is 1. The standard InChI is InChI=1S/C17H23ClN4O3Si/c1-17(18)13(24)11(8-23)25-16(17)22-7-10(5-6-26(2,3)4)12-14(19)20-9-21-15(12)22/h7,9,11,13,16,23-24H,8H2,1-4H3,(H2,19,20,21)/t11?,13?,16-,17-/m1/s1. The summed E-state index contributed by atoms with van der Waals surface area (Å²) < 4.78 is 7.54. The molecule has 1 fully saturated rings. The van der Waals surface area contributed by atoms with Gasteiger partial charge < -0.3 is 25.3 Å². The monoisotopic (exact) mass is 394 g/mol. The van der Waals surface area contributed by atoms with Gasteiger partial charge in [0, 0.05) is 6.20 Å². The molecule has 3 heterocycles. The number of hydrogen-bond acceptors (Lipinski definition) is 6. The number of aliphatic hydroxyl groups excluding tert-OH is 2. The van der Waals surface area contributed by atoms with Crippen LogP contribution >= 0.6 is 11.6 Å². The highest BCUT2D eigenvalue weighted by Crippen LogP contribution is 2.44. The molecule has 0 saturated carbocycles. The number of hydrogen-bond donors (Lipinski definition) is 3. The lowest BCUT2D eigenvalue weighted by molar-refractivity contribution is -0.0439. The normalized spacial score (nSPS) is 29.0. The van der Waals surface area contributed by atoms with Crippen molar-refractivity contribution in [2.24, 2.45) is 0 Å². The zero-order chi connectivity index (χ0) is 19.3. The first-order chi connectivity index (χ1) is 12.1. The minimum absolute atomic E-state index is 0.321. The van der Waals surface area contributed by atoms with Crippen LogP contribution in [0.15, 0.2) is 12.5 Å². The maximum absolute atomic E-state index is 10.4. The van der Waals surface area contributed by atoms with Gasteiger partial charge in [-0.3, -0.25) is 0 Å². The van der Waals surface area contributed by atoms with Gasteiger partial charge in [0.1, 0.15) is 42.9 Å². The molecule has 0 amide bonds. The predicted molar refractivity (Wildman–Crippen MR) is 103 cm³/mol. The van der Waals surface area contributed by atoms with Crippen LogP contribution in [-0.4, -0.2) is 56.5 Å². The topological polar surface area (TPSA) is 106 Å². The second-order valence-corrected chi connectivity index (χ2v) is 13.3. The largest absolute Gasteiger partial charge is 0.394 e. The van der Waals surface area contributed by atoms with E-state index in [-0.39, 0.29) is 6.61 Å². The van der Waals surface area contributed by atoms with Gasteiger partial charge in [-0.1, -0.05) is 25.6 Å². The van der Waals surface area contributed by atoms with Gasteiger partial charge in [0.15, 0.2) is 6.23 Å².